The van der Waals surface area contributed by atoms with Gasteiger partial charge in [-0.3, -0.25) is 0 Å². The van der Waals surface area contributed by atoms with E-state index >= 15 is 0 Å². The molecule has 31 heavy (non-hydrogen) atoms. The van der Waals surface area contributed by atoms with E-state index in [-0.39, 0.29) is 27.0 Å². The van der Waals surface area contributed by atoms with E-state index in [4.69, 9.17) is 11.6 Å². The summed E-state index contributed by atoms with van der Waals surface area (Å²) in [4.78, 5) is 11.9. The van der Waals surface area contributed by atoms with Gasteiger partial charge in [0.2, 0.25) is 0 Å². The summed E-state index contributed by atoms with van der Waals surface area (Å²) in [6, 6.07) is 19.6. The fraction of sp³-hybridized carbons (Fsp3) is 0.0435. The van der Waals surface area contributed by atoms with Crippen molar-refractivity contribution in [2.75, 3.05) is 6.26 Å². The van der Waals surface area contributed by atoms with Gasteiger partial charge in [-0.05, 0) is 35.4 Å². The minimum absolute atomic E-state index is 0.0777. The minimum atomic E-state index is -3.70. The number of H-pyrrole nitrogens is 1. The first-order valence-corrected chi connectivity index (χ1v) is 11.6. The smallest absolute Gasteiger partial charge is 0.194 e. The van der Waals surface area contributed by atoms with Gasteiger partial charge < -0.3 is 4.98 Å². The Kier molecular flexibility index (Phi) is 4.53. The van der Waals surface area contributed by atoms with Gasteiger partial charge in [0.15, 0.2) is 14.9 Å². The van der Waals surface area contributed by atoms with Crippen LogP contribution >= 0.6 is 11.6 Å². The molecule has 5 aromatic rings. The lowest BCUT2D eigenvalue weighted by atomic mass is 10.0. The summed E-state index contributed by atoms with van der Waals surface area (Å²) < 4.78 is 39.5. The van der Waals surface area contributed by atoms with Crippen LogP contribution in [-0.2, 0) is 9.84 Å². The quantitative estimate of drug-likeness (QED) is 0.385. The van der Waals surface area contributed by atoms with E-state index in [0.29, 0.717) is 16.4 Å². The van der Waals surface area contributed by atoms with Crippen molar-refractivity contribution in [2.24, 2.45) is 0 Å². The molecule has 0 spiro atoms. The summed E-state index contributed by atoms with van der Waals surface area (Å²) >= 11 is 6.19. The number of pyridine rings is 1. The summed E-state index contributed by atoms with van der Waals surface area (Å²) in [7, 11) is -3.70. The van der Waals surface area contributed by atoms with Crippen LogP contribution in [0.4, 0.5) is 4.39 Å². The number of aromatic nitrogens is 3. The average Bonchev–Trinajstić information content (AvgIpc) is 3.17. The molecule has 2 aromatic heterocycles. The van der Waals surface area contributed by atoms with Crippen LogP contribution in [0.1, 0.15) is 0 Å². The van der Waals surface area contributed by atoms with Crippen LogP contribution in [0.3, 0.4) is 0 Å². The normalized spacial score (nSPS) is 12.0. The van der Waals surface area contributed by atoms with E-state index in [1.807, 2.05) is 48.5 Å². The molecule has 0 bridgehead atoms. The molecule has 154 valence electrons. The second-order valence-electron chi connectivity index (χ2n) is 7.19. The number of nitrogens with one attached hydrogen (secondary N) is 1. The number of fused-ring (bicyclic) bond motifs is 3. The lowest BCUT2D eigenvalue weighted by Crippen LogP contribution is -2.02. The Bertz CT molecular complexity index is 1560. The third-order valence-electron chi connectivity index (χ3n) is 5.05. The van der Waals surface area contributed by atoms with Crippen molar-refractivity contribution < 1.29 is 12.8 Å². The molecule has 5 nitrogen and oxygen atoms in total. The average molecular weight is 452 g/mol. The maximum atomic E-state index is 14.5. The van der Waals surface area contributed by atoms with Crippen LogP contribution in [-0.4, -0.2) is 29.6 Å². The molecule has 5 rings (SSSR count). The number of sulfone groups is 1. The van der Waals surface area contributed by atoms with Gasteiger partial charge in [-0.2, -0.15) is 0 Å². The van der Waals surface area contributed by atoms with Gasteiger partial charge in [0.1, 0.15) is 22.7 Å². The molecular formula is C23H15ClFN3O2S. The molecule has 2 heterocycles. The number of hydrogen-bond donors (Lipinski definition) is 1. The summed E-state index contributed by atoms with van der Waals surface area (Å²) in [5, 5.41) is 0.673. The monoisotopic (exact) mass is 451 g/mol. The molecule has 0 fully saturated rings. The molecule has 0 aliphatic carbocycles. The van der Waals surface area contributed by atoms with Crippen molar-refractivity contribution in [3.63, 3.8) is 0 Å². The van der Waals surface area contributed by atoms with Gasteiger partial charge in [-0.25, -0.2) is 22.8 Å². The lowest BCUT2D eigenvalue weighted by molar-refractivity contribution is 0.599. The first kappa shape index (κ1) is 19.7. The number of nitrogens with zero attached hydrogens (tertiary/aromatic N) is 2. The Morgan fingerprint density at radius 1 is 0.935 bits per heavy atom. The van der Waals surface area contributed by atoms with Crippen molar-refractivity contribution in [1.82, 2.24) is 15.0 Å². The van der Waals surface area contributed by atoms with Crippen LogP contribution in [0.25, 0.3) is 44.5 Å². The Morgan fingerprint density at radius 3 is 2.42 bits per heavy atom. The highest BCUT2D eigenvalue weighted by atomic mass is 35.5. The van der Waals surface area contributed by atoms with Crippen LogP contribution in [0.2, 0.25) is 5.02 Å². The SMILES string of the molecule is CS(=O)(=O)c1nc2cc(-c3ccccc3)ccc2c2nc(-c3c(F)cccc3Cl)[nH]c12. The fourth-order valence-electron chi connectivity index (χ4n) is 3.63. The minimum Gasteiger partial charge on any atom is -0.335 e. The third kappa shape index (κ3) is 3.36. The van der Waals surface area contributed by atoms with Crippen molar-refractivity contribution in [2.45, 2.75) is 5.03 Å². The Labute approximate surface area is 182 Å². The predicted octanol–water partition coefficient (Wildman–Crippen LogP) is 5.64. The summed E-state index contributed by atoms with van der Waals surface area (Å²) in [6.07, 6.45) is 1.08. The highest BCUT2D eigenvalue weighted by molar-refractivity contribution is 7.90. The zero-order valence-corrected chi connectivity index (χ0v) is 17.8. The number of rotatable bonds is 3. The molecule has 0 radical (unpaired) electrons. The molecule has 0 aliphatic rings. The zero-order valence-electron chi connectivity index (χ0n) is 16.2. The number of aromatic amines is 1. The Hall–Kier alpha value is -3.29. The second-order valence-corrected chi connectivity index (χ2v) is 9.53. The molecule has 1 N–H and O–H groups in total. The maximum Gasteiger partial charge on any atom is 0.194 e. The molecule has 0 amide bonds. The zero-order chi connectivity index (χ0) is 21.8. The molecule has 0 aliphatic heterocycles. The standard InChI is InChI=1S/C23H15ClFN3O2S/c1-31(29,30)23-21-20(27-22(28-21)19-16(24)8-5-9-17(19)25)15-11-10-14(12-18(15)26-23)13-6-3-2-4-7-13/h2-12H,1H3,(H,27,28). The Balaban J connectivity index is 1.84. The van der Waals surface area contributed by atoms with Crippen LogP contribution < -0.4 is 0 Å². The lowest BCUT2D eigenvalue weighted by Gasteiger charge is -2.07. The van der Waals surface area contributed by atoms with E-state index in [0.717, 1.165) is 17.4 Å². The molecule has 3 aromatic carbocycles. The van der Waals surface area contributed by atoms with Gasteiger partial charge >= 0.3 is 0 Å². The van der Waals surface area contributed by atoms with Gasteiger partial charge in [-0.1, -0.05) is 54.1 Å². The number of halogens is 2. The maximum absolute atomic E-state index is 14.5. The van der Waals surface area contributed by atoms with E-state index in [1.54, 1.807) is 6.07 Å². The van der Waals surface area contributed by atoms with E-state index in [9.17, 15) is 12.8 Å². The number of imidazole rings is 1. The third-order valence-corrected chi connectivity index (χ3v) is 6.36. The van der Waals surface area contributed by atoms with Gasteiger partial charge in [0, 0.05) is 11.6 Å². The Morgan fingerprint density at radius 2 is 1.71 bits per heavy atom. The van der Waals surface area contributed by atoms with Crippen molar-refractivity contribution in [1.29, 1.82) is 0 Å². The van der Waals surface area contributed by atoms with Crippen molar-refractivity contribution >= 4 is 43.4 Å². The first-order valence-electron chi connectivity index (χ1n) is 9.36. The van der Waals surface area contributed by atoms with Gasteiger partial charge in [-0.15, -0.1) is 0 Å². The van der Waals surface area contributed by atoms with E-state index in [2.05, 4.69) is 15.0 Å². The van der Waals surface area contributed by atoms with Gasteiger partial charge in [0.05, 0.1) is 16.1 Å². The van der Waals surface area contributed by atoms with Crippen molar-refractivity contribution in [3.05, 3.63) is 77.6 Å². The predicted molar refractivity (Wildman–Crippen MR) is 120 cm³/mol. The molecule has 0 saturated heterocycles. The molecule has 0 saturated carbocycles. The van der Waals surface area contributed by atoms with E-state index < -0.39 is 15.7 Å². The molecule has 0 atom stereocenters. The molecule has 8 heteroatoms. The highest BCUT2D eigenvalue weighted by Crippen LogP contribution is 2.35. The molecule has 0 unspecified atom stereocenters. The van der Waals surface area contributed by atoms with Gasteiger partial charge in [0.25, 0.3) is 0 Å². The fourth-order valence-corrected chi connectivity index (χ4v) is 4.67. The van der Waals surface area contributed by atoms with Crippen LogP contribution in [0.15, 0.2) is 71.8 Å². The number of benzene rings is 3. The summed E-state index contributed by atoms with van der Waals surface area (Å²) in [6.45, 7) is 0. The summed E-state index contributed by atoms with van der Waals surface area (Å²) in [5.74, 6) is -0.416. The first-order chi connectivity index (χ1) is 14.8. The largest absolute Gasteiger partial charge is 0.335 e. The van der Waals surface area contributed by atoms with Crippen LogP contribution in [0, 0.1) is 5.82 Å². The second kappa shape index (κ2) is 7.14. The van der Waals surface area contributed by atoms with E-state index in [1.165, 1.54) is 12.1 Å². The number of hydrogen-bond acceptors (Lipinski definition) is 4. The molecular weight excluding hydrogens is 437 g/mol. The van der Waals surface area contributed by atoms with Crippen molar-refractivity contribution in [3.8, 4) is 22.5 Å². The van der Waals surface area contributed by atoms with Crippen LogP contribution in [0.5, 0.6) is 0 Å². The summed E-state index contributed by atoms with van der Waals surface area (Å²) in [5.41, 5.74) is 3.04. The topological polar surface area (TPSA) is 75.7 Å². The highest BCUT2D eigenvalue weighted by Gasteiger charge is 2.22.